The van der Waals surface area contributed by atoms with Crippen molar-refractivity contribution in [2.24, 2.45) is 0 Å². The Hall–Kier alpha value is -3.89. The van der Waals surface area contributed by atoms with Gasteiger partial charge >= 0.3 is 11.9 Å². The molecule has 186 valence electrons. The molecule has 34 heavy (non-hydrogen) atoms. The lowest BCUT2D eigenvalue weighted by Gasteiger charge is -2.10. The van der Waals surface area contributed by atoms with Crippen LogP contribution in [-0.4, -0.2) is 49.8 Å². The summed E-state index contributed by atoms with van der Waals surface area (Å²) in [7, 11) is 1.41. The summed E-state index contributed by atoms with van der Waals surface area (Å²) in [6.07, 6.45) is 9.23. The quantitative estimate of drug-likeness (QED) is 0.0721. The number of nitrogens with zero attached hydrogens (tertiary/aromatic N) is 1. The summed E-state index contributed by atoms with van der Waals surface area (Å²) in [6, 6.07) is 4.70. The van der Waals surface area contributed by atoms with Crippen LogP contribution in [0.3, 0.4) is 0 Å². The number of unbranched alkanes of at least 4 members (excludes halogenated alkanes) is 2. The number of benzene rings is 1. The average molecular weight is 478 g/mol. The first-order valence-electron chi connectivity index (χ1n) is 10.7. The highest BCUT2D eigenvalue weighted by molar-refractivity contribution is 5.87. The summed E-state index contributed by atoms with van der Waals surface area (Å²) in [5.41, 5.74) is 0.599. The van der Waals surface area contributed by atoms with Crippen molar-refractivity contribution in [1.29, 1.82) is 0 Å². The molecular weight excluding hydrogens is 448 g/mol. The van der Waals surface area contributed by atoms with E-state index >= 15 is 0 Å². The lowest BCUT2D eigenvalue weighted by Crippen LogP contribution is -2.31. The molecular formula is C23H30N2O9. The maximum Gasteiger partial charge on any atom is 0.330 e. The van der Waals surface area contributed by atoms with Gasteiger partial charge < -0.3 is 24.4 Å². The van der Waals surface area contributed by atoms with Crippen molar-refractivity contribution < 1.29 is 38.5 Å². The third kappa shape index (κ3) is 12.8. The average Bonchev–Trinajstić information content (AvgIpc) is 2.81. The van der Waals surface area contributed by atoms with Crippen LogP contribution in [0.1, 0.15) is 44.6 Å². The molecule has 0 bridgehead atoms. The zero-order valence-electron chi connectivity index (χ0n) is 19.3. The molecule has 0 aliphatic rings. The van der Waals surface area contributed by atoms with Gasteiger partial charge in [0.2, 0.25) is 5.91 Å². The minimum Gasteiger partial charge on any atom is -0.493 e. The van der Waals surface area contributed by atoms with E-state index < -0.39 is 17.0 Å². The van der Waals surface area contributed by atoms with Crippen LogP contribution in [0.15, 0.2) is 36.4 Å². The van der Waals surface area contributed by atoms with Crippen LogP contribution in [0.4, 0.5) is 0 Å². The van der Waals surface area contributed by atoms with Crippen LogP contribution in [-0.2, 0) is 24.0 Å². The van der Waals surface area contributed by atoms with E-state index in [0.717, 1.165) is 6.42 Å². The lowest BCUT2D eigenvalue weighted by molar-refractivity contribution is -0.757. The highest BCUT2D eigenvalue weighted by Crippen LogP contribution is 2.28. The highest BCUT2D eigenvalue weighted by atomic mass is 16.9. The molecule has 0 aliphatic heterocycles. The molecule has 0 aliphatic carbocycles. The Morgan fingerprint density at radius 3 is 2.59 bits per heavy atom. The van der Waals surface area contributed by atoms with Crippen LogP contribution in [0.5, 0.6) is 11.5 Å². The molecule has 1 rings (SSSR count). The Labute approximate surface area is 197 Å². The van der Waals surface area contributed by atoms with Crippen LogP contribution >= 0.6 is 0 Å². The van der Waals surface area contributed by atoms with Gasteiger partial charge in [-0.25, -0.2) is 9.59 Å². The van der Waals surface area contributed by atoms with E-state index in [-0.39, 0.29) is 37.2 Å². The van der Waals surface area contributed by atoms with Crippen molar-refractivity contribution in [3.8, 4) is 11.5 Å². The topological polar surface area (TPSA) is 143 Å². The molecule has 0 unspecified atom stereocenters. The van der Waals surface area contributed by atoms with E-state index in [1.807, 2.05) is 19.1 Å². The van der Waals surface area contributed by atoms with Crippen molar-refractivity contribution in [3.63, 3.8) is 0 Å². The van der Waals surface area contributed by atoms with Crippen molar-refractivity contribution in [3.05, 3.63) is 52.1 Å². The summed E-state index contributed by atoms with van der Waals surface area (Å²) >= 11 is 0. The predicted molar refractivity (Wildman–Crippen MR) is 122 cm³/mol. The maximum absolute atomic E-state index is 12.0. The Morgan fingerprint density at radius 1 is 1.12 bits per heavy atom. The Balaban J connectivity index is 2.46. The summed E-state index contributed by atoms with van der Waals surface area (Å²) in [4.78, 5) is 49.7. The fourth-order valence-corrected chi connectivity index (χ4v) is 2.57. The van der Waals surface area contributed by atoms with Gasteiger partial charge in [-0.1, -0.05) is 18.2 Å². The van der Waals surface area contributed by atoms with Gasteiger partial charge in [-0.05, 0) is 56.4 Å². The molecule has 0 radical (unpaired) electrons. The first-order chi connectivity index (χ1) is 16.3. The van der Waals surface area contributed by atoms with E-state index in [2.05, 4.69) is 10.2 Å². The zero-order valence-corrected chi connectivity index (χ0v) is 19.3. The Kier molecular flexibility index (Phi) is 13.8. The molecule has 0 fully saturated rings. The summed E-state index contributed by atoms with van der Waals surface area (Å²) in [5.74, 6) is -1.01. The van der Waals surface area contributed by atoms with Crippen LogP contribution < -0.4 is 14.8 Å². The van der Waals surface area contributed by atoms with Crippen molar-refractivity contribution in [2.75, 3.05) is 26.9 Å². The standard InChI is InChI=1S/C23H30N2O9/c1-3-4-5-6-9-21(26)24-17-23(28)34-19-12-10-18(16-20(19)31-2)11-13-22(27)32-14-7-8-15-33-25(29)30/h3-4,10-13,16H,5-9,14-15,17H2,1-2H3,(H,24,26)/b4-3-,13-11+. The summed E-state index contributed by atoms with van der Waals surface area (Å²) in [5, 5.41) is 11.7. The fourth-order valence-electron chi connectivity index (χ4n) is 2.57. The number of hydrogen-bond acceptors (Lipinski definition) is 9. The second-order valence-electron chi connectivity index (χ2n) is 6.89. The lowest BCUT2D eigenvalue weighted by atomic mass is 10.2. The molecule has 0 saturated heterocycles. The molecule has 11 heteroatoms. The van der Waals surface area contributed by atoms with Gasteiger partial charge in [0.1, 0.15) is 6.54 Å². The smallest absolute Gasteiger partial charge is 0.330 e. The number of rotatable bonds is 16. The zero-order chi connectivity index (χ0) is 25.2. The number of ether oxygens (including phenoxy) is 3. The van der Waals surface area contributed by atoms with Gasteiger partial charge in [0.05, 0.1) is 20.3 Å². The van der Waals surface area contributed by atoms with Crippen LogP contribution in [0.2, 0.25) is 0 Å². The van der Waals surface area contributed by atoms with Gasteiger partial charge in [-0.2, -0.15) is 0 Å². The molecule has 11 nitrogen and oxygen atoms in total. The number of amides is 1. The molecule has 0 aromatic heterocycles. The molecule has 1 amide bonds. The largest absolute Gasteiger partial charge is 0.493 e. The number of allylic oxidation sites excluding steroid dienone is 2. The minimum atomic E-state index is -0.873. The highest BCUT2D eigenvalue weighted by Gasteiger charge is 2.12. The molecule has 0 spiro atoms. The second-order valence-corrected chi connectivity index (χ2v) is 6.89. The van der Waals surface area contributed by atoms with Gasteiger partial charge in [-0.3, -0.25) is 4.79 Å². The molecule has 1 N–H and O–H groups in total. The van der Waals surface area contributed by atoms with Crippen molar-refractivity contribution in [2.45, 2.75) is 39.0 Å². The van der Waals surface area contributed by atoms with E-state index in [0.29, 0.717) is 31.2 Å². The predicted octanol–water partition coefficient (Wildman–Crippen LogP) is 3.01. The molecule has 0 atom stereocenters. The number of hydrogen-bond donors (Lipinski definition) is 1. The number of esters is 2. The Bertz CT molecular complexity index is 881. The third-order valence-electron chi connectivity index (χ3n) is 4.24. The van der Waals surface area contributed by atoms with Crippen LogP contribution in [0.25, 0.3) is 6.08 Å². The molecule has 1 aromatic rings. The first-order valence-corrected chi connectivity index (χ1v) is 10.7. The summed E-state index contributed by atoms with van der Waals surface area (Å²) < 4.78 is 15.5. The van der Waals surface area contributed by atoms with E-state index in [1.54, 1.807) is 12.1 Å². The van der Waals surface area contributed by atoms with Crippen molar-refractivity contribution in [1.82, 2.24) is 5.32 Å². The van der Waals surface area contributed by atoms with E-state index in [9.17, 15) is 24.5 Å². The van der Waals surface area contributed by atoms with Gasteiger partial charge in [0, 0.05) is 12.5 Å². The third-order valence-corrected chi connectivity index (χ3v) is 4.24. The second kappa shape index (κ2) is 16.7. The molecule has 1 aromatic carbocycles. The minimum absolute atomic E-state index is 0.0552. The van der Waals surface area contributed by atoms with Gasteiger partial charge in [0.15, 0.2) is 11.5 Å². The van der Waals surface area contributed by atoms with Crippen molar-refractivity contribution >= 4 is 23.9 Å². The number of methoxy groups -OCH3 is 1. The molecule has 0 heterocycles. The monoisotopic (exact) mass is 478 g/mol. The van der Waals surface area contributed by atoms with Gasteiger partial charge in [-0.15, -0.1) is 10.1 Å². The van der Waals surface area contributed by atoms with E-state index in [4.69, 9.17) is 14.2 Å². The number of nitrogens with one attached hydrogen (secondary N) is 1. The molecule has 0 saturated carbocycles. The number of carbonyl (C=O) groups excluding carboxylic acids is 3. The fraction of sp³-hybridized carbons (Fsp3) is 0.435. The van der Waals surface area contributed by atoms with E-state index in [1.165, 1.54) is 25.3 Å². The SMILES string of the molecule is C/C=C\CCCC(=O)NCC(=O)Oc1ccc(/C=C/C(=O)OCCCCO[N+](=O)[O-])cc1OC. The first kappa shape index (κ1) is 28.1. The summed E-state index contributed by atoms with van der Waals surface area (Å²) in [6.45, 7) is 1.69. The number of carbonyl (C=O) groups is 3. The van der Waals surface area contributed by atoms with Gasteiger partial charge in [0.25, 0.3) is 5.09 Å². The Morgan fingerprint density at radius 2 is 1.88 bits per heavy atom. The maximum atomic E-state index is 12.0. The normalized spacial score (nSPS) is 10.8. The van der Waals surface area contributed by atoms with Crippen LogP contribution in [0, 0.1) is 10.1 Å².